The van der Waals surface area contributed by atoms with Crippen LogP contribution in [0.5, 0.6) is 5.75 Å². The molecule has 2 aromatic rings. The van der Waals surface area contributed by atoms with Crippen LogP contribution in [0.25, 0.3) is 11.3 Å². The zero-order chi connectivity index (χ0) is 16.2. The number of benzene rings is 1. The maximum absolute atomic E-state index is 11.4. The number of pyridine rings is 1. The van der Waals surface area contributed by atoms with Gasteiger partial charge < -0.3 is 15.2 Å². The number of fused-ring (bicyclic) bond motifs is 1. The van der Waals surface area contributed by atoms with Gasteiger partial charge in [-0.25, -0.2) is 9.78 Å². The van der Waals surface area contributed by atoms with Crippen molar-refractivity contribution in [1.82, 2.24) is 4.98 Å². The number of nitrogens with zero attached hydrogens (tertiary/aromatic N) is 1. The lowest BCUT2D eigenvalue weighted by Gasteiger charge is -2.18. The number of aryl methyl sites for hydroxylation is 1. The van der Waals surface area contributed by atoms with Crippen molar-refractivity contribution in [2.24, 2.45) is 0 Å². The maximum atomic E-state index is 11.4. The summed E-state index contributed by atoms with van der Waals surface area (Å²) in [5.41, 5.74) is 3.91. The van der Waals surface area contributed by atoms with Gasteiger partial charge in [0, 0.05) is 17.8 Å². The zero-order valence-corrected chi connectivity index (χ0v) is 13.1. The van der Waals surface area contributed by atoms with Crippen molar-refractivity contribution in [3.8, 4) is 17.0 Å². The Bertz CT molecular complexity index is 728. The Morgan fingerprint density at radius 2 is 2.22 bits per heavy atom. The number of anilines is 1. The molecule has 0 saturated heterocycles. The highest BCUT2D eigenvalue weighted by molar-refractivity contribution is 5.89. The Hall–Kier alpha value is -2.56. The normalized spacial score (nSPS) is 13.1. The third-order valence-corrected chi connectivity index (χ3v) is 3.87. The van der Waals surface area contributed by atoms with Crippen LogP contribution in [0.2, 0.25) is 0 Å². The van der Waals surface area contributed by atoms with Gasteiger partial charge >= 0.3 is 5.97 Å². The molecule has 1 aliphatic heterocycles. The summed E-state index contributed by atoms with van der Waals surface area (Å²) in [6.07, 6.45) is 3.02. The molecule has 0 amide bonds. The van der Waals surface area contributed by atoms with Crippen LogP contribution in [0.3, 0.4) is 0 Å². The molecule has 0 unspecified atom stereocenters. The van der Waals surface area contributed by atoms with E-state index in [9.17, 15) is 9.90 Å². The van der Waals surface area contributed by atoms with Crippen LogP contribution in [-0.4, -0.2) is 29.2 Å². The Labute approximate surface area is 135 Å². The van der Waals surface area contributed by atoms with Crippen molar-refractivity contribution < 1.29 is 14.6 Å². The lowest BCUT2D eigenvalue weighted by atomic mass is 10.00. The second kappa shape index (κ2) is 6.69. The molecule has 3 rings (SSSR count). The molecule has 2 heterocycles. The number of rotatable bonds is 5. The predicted molar refractivity (Wildman–Crippen MR) is 89.2 cm³/mol. The summed E-state index contributed by atoms with van der Waals surface area (Å²) < 4.78 is 5.47. The van der Waals surface area contributed by atoms with Gasteiger partial charge in [0.1, 0.15) is 0 Å². The summed E-state index contributed by atoms with van der Waals surface area (Å²) in [6.45, 7) is 3.42. The molecule has 0 spiro atoms. The first-order chi connectivity index (χ1) is 11.2. The predicted octanol–water partition coefficient (Wildman–Crippen LogP) is 3.59. The van der Waals surface area contributed by atoms with E-state index in [1.165, 1.54) is 5.56 Å². The lowest BCUT2D eigenvalue weighted by molar-refractivity contribution is 0.0685. The van der Waals surface area contributed by atoms with Crippen LogP contribution in [0.4, 0.5) is 5.69 Å². The number of carbonyl (C=O) groups is 1. The Balaban J connectivity index is 1.96. The summed E-state index contributed by atoms with van der Waals surface area (Å²) in [4.78, 5) is 15.7. The van der Waals surface area contributed by atoms with Gasteiger partial charge in [-0.05, 0) is 43.0 Å². The van der Waals surface area contributed by atoms with E-state index in [0.717, 1.165) is 37.1 Å². The van der Waals surface area contributed by atoms with Crippen molar-refractivity contribution in [2.45, 2.75) is 26.2 Å². The van der Waals surface area contributed by atoms with Gasteiger partial charge in [-0.3, -0.25) is 0 Å². The molecule has 0 atom stereocenters. The molecule has 0 bridgehead atoms. The van der Waals surface area contributed by atoms with Crippen LogP contribution in [0.1, 0.15) is 35.8 Å². The van der Waals surface area contributed by atoms with Crippen LogP contribution < -0.4 is 10.1 Å². The lowest BCUT2D eigenvalue weighted by Crippen LogP contribution is -2.11. The van der Waals surface area contributed by atoms with E-state index in [2.05, 4.69) is 16.4 Å². The highest BCUT2D eigenvalue weighted by Gasteiger charge is 2.16. The van der Waals surface area contributed by atoms with Crippen LogP contribution >= 0.6 is 0 Å². The standard InChI is InChI=1S/C18H20N2O3/c1-2-10-23-16-8-7-14(20-17(16)18(21)22)13-6-5-12-4-3-9-19-15(12)11-13/h5-8,11,19H,2-4,9-10H2,1H3,(H,21,22). The summed E-state index contributed by atoms with van der Waals surface area (Å²) >= 11 is 0. The Morgan fingerprint density at radius 3 is 3.00 bits per heavy atom. The van der Waals surface area contributed by atoms with Gasteiger partial charge in [0.2, 0.25) is 0 Å². The first-order valence-corrected chi connectivity index (χ1v) is 7.93. The molecule has 1 aliphatic rings. The number of hydrogen-bond donors (Lipinski definition) is 2. The fourth-order valence-corrected chi connectivity index (χ4v) is 2.71. The monoisotopic (exact) mass is 312 g/mol. The van der Waals surface area contributed by atoms with Gasteiger partial charge in [0.25, 0.3) is 0 Å². The molecule has 0 aliphatic carbocycles. The number of hydrogen-bond acceptors (Lipinski definition) is 4. The van der Waals surface area contributed by atoms with Crippen molar-refractivity contribution in [3.63, 3.8) is 0 Å². The SMILES string of the molecule is CCCOc1ccc(-c2ccc3c(c2)NCCC3)nc1C(=O)O. The van der Waals surface area contributed by atoms with E-state index in [4.69, 9.17) is 4.74 Å². The largest absolute Gasteiger partial charge is 0.491 e. The van der Waals surface area contributed by atoms with E-state index < -0.39 is 5.97 Å². The highest BCUT2D eigenvalue weighted by Crippen LogP contribution is 2.29. The molecule has 5 nitrogen and oxygen atoms in total. The minimum absolute atomic E-state index is 0.0402. The summed E-state index contributed by atoms with van der Waals surface area (Å²) in [5, 5.41) is 12.8. The Morgan fingerprint density at radius 1 is 1.35 bits per heavy atom. The van der Waals surface area contributed by atoms with Gasteiger partial charge in [-0.1, -0.05) is 19.1 Å². The van der Waals surface area contributed by atoms with E-state index >= 15 is 0 Å². The average molecular weight is 312 g/mol. The van der Waals surface area contributed by atoms with Gasteiger partial charge in [0.15, 0.2) is 11.4 Å². The van der Waals surface area contributed by atoms with Crippen molar-refractivity contribution in [1.29, 1.82) is 0 Å². The molecular formula is C18H20N2O3. The van der Waals surface area contributed by atoms with Crippen molar-refractivity contribution in [3.05, 3.63) is 41.6 Å². The van der Waals surface area contributed by atoms with Crippen LogP contribution in [-0.2, 0) is 6.42 Å². The van der Waals surface area contributed by atoms with E-state index in [1.807, 2.05) is 25.1 Å². The van der Waals surface area contributed by atoms with Gasteiger partial charge in [-0.2, -0.15) is 0 Å². The molecule has 0 saturated carbocycles. The fraction of sp³-hybridized carbons (Fsp3) is 0.333. The molecule has 2 N–H and O–H groups in total. The van der Waals surface area contributed by atoms with E-state index in [0.29, 0.717) is 18.1 Å². The summed E-state index contributed by atoms with van der Waals surface area (Å²) in [6, 6.07) is 9.61. The first kappa shape index (κ1) is 15.3. The molecule has 1 aromatic carbocycles. The number of carboxylic acid groups (broad SMARTS) is 1. The number of aromatic nitrogens is 1. The molecule has 23 heavy (non-hydrogen) atoms. The average Bonchev–Trinajstić information content (AvgIpc) is 2.59. The molecule has 0 fully saturated rings. The first-order valence-electron chi connectivity index (χ1n) is 7.93. The van der Waals surface area contributed by atoms with Crippen LogP contribution in [0.15, 0.2) is 30.3 Å². The van der Waals surface area contributed by atoms with E-state index in [1.54, 1.807) is 6.07 Å². The number of ether oxygens (including phenoxy) is 1. The summed E-state index contributed by atoms with van der Waals surface area (Å²) in [7, 11) is 0. The molecule has 1 aromatic heterocycles. The topological polar surface area (TPSA) is 71.5 Å². The zero-order valence-electron chi connectivity index (χ0n) is 13.1. The minimum Gasteiger partial charge on any atom is -0.491 e. The molecular weight excluding hydrogens is 292 g/mol. The molecule has 5 heteroatoms. The van der Waals surface area contributed by atoms with Gasteiger partial charge in [0.05, 0.1) is 12.3 Å². The Kier molecular flexibility index (Phi) is 4.46. The number of aromatic carboxylic acids is 1. The minimum atomic E-state index is -1.07. The fourth-order valence-electron chi connectivity index (χ4n) is 2.71. The maximum Gasteiger partial charge on any atom is 0.358 e. The molecule has 0 radical (unpaired) electrons. The van der Waals surface area contributed by atoms with Crippen molar-refractivity contribution in [2.75, 3.05) is 18.5 Å². The van der Waals surface area contributed by atoms with Crippen LogP contribution in [0, 0.1) is 0 Å². The second-order valence-electron chi connectivity index (χ2n) is 5.60. The molecule has 120 valence electrons. The second-order valence-corrected chi connectivity index (χ2v) is 5.60. The smallest absolute Gasteiger partial charge is 0.358 e. The third kappa shape index (κ3) is 3.28. The summed E-state index contributed by atoms with van der Waals surface area (Å²) in [5.74, 6) is -0.756. The van der Waals surface area contributed by atoms with E-state index in [-0.39, 0.29) is 5.69 Å². The number of carboxylic acids is 1. The van der Waals surface area contributed by atoms with Crippen molar-refractivity contribution >= 4 is 11.7 Å². The quantitative estimate of drug-likeness (QED) is 0.882. The third-order valence-electron chi connectivity index (χ3n) is 3.87. The van der Waals surface area contributed by atoms with Gasteiger partial charge in [-0.15, -0.1) is 0 Å². The highest BCUT2D eigenvalue weighted by atomic mass is 16.5. The number of nitrogens with one attached hydrogen (secondary N) is 1.